The van der Waals surface area contributed by atoms with Crippen molar-refractivity contribution in [3.05, 3.63) is 78.6 Å². The predicted octanol–water partition coefficient (Wildman–Crippen LogP) is 4.63. The smallest absolute Gasteiger partial charge is 0.321 e. The Bertz CT molecular complexity index is 1210. The highest BCUT2D eigenvalue weighted by atomic mass is 16.5. The Kier molecular flexibility index (Phi) is 5.81. The van der Waals surface area contributed by atoms with Gasteiger partial charge in [0, 0.05) is 37.4 Å². The number of carbonyl (C=O) groups excluding carboxylic acids is 1. The van der Waals surface area contributed by atoms with Crippen molar-refractivity contribution in [3.8, 4) is 11.5 Å². The molecule has 5 rings (SSSR count). The number of aromatic nitrogens is 2. The Morgan fingerprint density at radius 2 is 1.72 bits per heavy atom. The Labute approximate surface area is 186 Å². The highest BCUT2D eigenvalue weighted by molar-refractivity contribution is 5.93. The first-order chi connectivity index (χ1) is 15.7. The molecule has 1 fully saturated rings. The second kappa shape index (κ2) is 9.20. The first-order valence-corrected chi connectivity index (χ1v) is 10.9. The normalized spacial score (nSPS) is 14.9. The van der Waals surface area contributed by atoms with Crippen LogP contribution >= 0.6 is 0 Å². The summed E-state index contributed by atoms with van der Waals surface area (Å²) in [6.07, 6.45) is 0.897. The van der Waals surface area contributed by atoms with Gasteiger partial charge in [-0.3, -0.25) is 4.90 Å². The summed E-state index contributed by atoms with van der Waals surface area (Å²) < 4.78 is 5.42. The molecule has 0 atom stereocenters. The standard InChI is InChI=1S/C25H25N5O2/c31-25(26-22-12-11-19-7-4-5-10-21(19)17-22)30-14-6-13-29(15-16-30)18-23-27-24(32-28-23)20-8-2-1-3-9-20/h1-5,7-12,17H,6,13-16,18H2,(H,26,31). The number of carbonyl (C=O) groups is 1. The maximum absolute atomic E-state index is 12.8. The van der Waals surface area contributed by atoms with Crippen LogP contribution in [0, 0.1) is 0 Å². The SMILES string of the molecule is O=C(Nc1ccc2ccccc2c1)N1CCCN(Cc2noc(-c3ccccc3)n2)CC1. The lowest BCUT2D eigenvalue weighted by Gasteiger charge is -2.22. The van der Waals surface area contributed by atoms with E-state index in [-0.39, 0.29) is 6.03 Å². The highest BCUT2D eigenvalue weighted by Gasteiger charge is 2.21. The van der Waals surface area contributed by atoms with Gasteiger partial charge in [0.1, 0.15) is 0 Å². The molecule has 7 heteroatoms. The summed E-state index contributed by atoms with van der Waals surface area (Å²) in [4.78, 5) is 21.5. The van der Waals surface area contributed by atoms with Gasteiger partial charge in [-0.05, 0) is 41.5 Å². The van der Waals surface area contributed by atoms with E-state index in [1.807, 2.05) is 65.6 Å². The van der Waals surface area contributed by atoms with Crippen LogP contribution in [0.5, 0.6) is 0 Å². The highest BCUT2D eigenvalue weighted by Crippen LogP contribution is 2.20. The molecule has 0 bridgehead atoms. The number of anilines is 1. The van der Waals surface area contributed by atoms with Crippen molar-refractivity contribution >= 4 is 22.5 Å². The number of hydrogen-bond donors (Lipinski definition) is 1. The molecule has 0 aliphatic carbocycles. The molecule has 1 aliphatic heterocycles. The van der Waals surface area contributed by atoms with E-state index in [1.54, 1.807) is 0 Å². The molecular weight excluding hydrogens is 402 g/mol. The number of urea groups is 1. The minimum Gasteiger partial charge on any atom is -0.334 e. The van der Waals surface area contributed by atoms with Crippen LogP contribution in [0.25, 0.3) is 22.2 Å². The van der Waals surface area contributed by atoms with Gasteiger partial charge < -0.3 is 14.7 Å². The monoisotopic (exact) mass is 427 g/mol. The van der Waals surface area contributed by atoms with E-state index in [0.29, 0.717) is 24.8 Å². The van der Waals surface area contributed by atoms with E-state index in [1.165, 1.54) is 0 Å². The lowest BCUT2D eigenvalue weighted by molar-refractivity contribution is 0.210. The molecule has 3 aromatic carbocycles. The van der Waals surface area contributed by atoms with Crippen LogP contribution in [0.15, 0.2) is 77.3 Å². The molecule has 0 saturated carbocycles. The van der Waals surface area contributed by atoms with Gasteiger partial charge in [0.2, 0.25) is 0 Å². The molecule has 1 aliphatic rings. The fourth-order valence-corrected chi connectivity index (χ4v) is 4.02. The van der Waals surface area contributed by atoms with Crippen molar-refractivity contribution in [2.24, 2.45) is 0 Å². The van der Waals surface area contributed by atoms with E-state index in [4.69, 9.17) is 4.52 Å². The van der Waals surface area contributed by atoms with Crippen molar-refractivity contribution in [1.29, 1.82) is 0 Å². The Morgan fingerprint density at radius 1 is 0.906 bits per heavy atom. The number of nitrogens with one attached hydrogen (secondary N) is 1. The van der Waals surface area contributed by atoms with Crippen LogP contribution in [-0.4, -0.2) is 52.2 Å². The second-order valence-electron chi connectivity index (χ2n) is 7.99. The molecule has 1 N–H and O–H groups in total. The van der Waals surface area contributed by atoms with E-state index in [2.05, 4.69) is 32.5 Å². The third-order valence-electron chi connectivity index (χ3n) is 5.73. The molecule has 4 aromatic rings. The topological polar surface area (TPSA) is 74.5 Å². The molecule has 0 radical (unpaired) electrons. The van der Waals surface area contributed by atoms with Gasteiger partial charge >= 0.3 is 6.03 Å². The van der Waals surface area contributed by atoms with Crippen molar-refractivity contribution in [3.63, 3.8) is 0 Å². The van der Waals surface area contributed by atoms with Crippen molar-refractivity contribution in [1.82, 2.24) is 19.9 Å². The Morgan fingerprint density at radius 3 is 2.59 bits per heavy atom. The Balaban J connectivity index is 1.17. The third-order valence-corrected chi connectivity index (χ3v) is 5.73. The average Bonchev–Trinajstić information content (AvgIpc) is 3.17. The molecule has 32 heavy (non-hydrogen) atoms. The molecule has 2 amide bonds. The summed E-state index contributed by atoms with van der Waals surface area (Å²) >= 11 is 0. The average molecular weight is 428 g/mol. The van der Waals surface area contributed by atoms with Gasteiger partial charge in [0.15, 0.2) is 5.82 Å². The number of fused-ring (bicyclic) bond motifs is 1. The maximum atomic E-state index is 12.8. The molecule has 1 aromatic heterocycles. The molecule has 2 heterocycles. The molecule has 0 spiro atoms. The van der Waals surface area contributed by atoms with Gasteiger partial charge in [-0.15, -0.1) is 0 Å². The lowest BCUT2D eigenvalue weighted by Crippen LogP contribution is -2.38. The van der Waals surface area contributed by atoms with Crippen LogP contribution < -0.4 is 5.32 Å². The molecule has 162 valence electrons. The predicted molar refractivity (Wildman–Crippen MR) is 124 cm³/mol. The summed E-state index contributed by atoms with van der Waals surface area (Å²) in [5, 5.41) is 9.45. The largest absolute Gasteiger partial charge is 0.334 e. The van der Waals surface area contributed by atoms with Crippen molar-refractivity contribution < 1.29 is 9.32 Å². The molecule has 1 saturated heterocycles. The van der Waals surface area contributed by atoms with Crippen LogP contribution in [0.2, 0.25) is 0 Å². The summed E-state index contributed by atoms with van der Waals surface area (Å²) in [6, 6.07) is 23.8. The maximum Gasteiger partial charge on any atom is 0.321 e. The van der Waals surface area contributed by atoms with Gasteiger partial charge in [-0.25, -0.2) is 4.79 Å². The first kappa shape index (κ1) is 20.2. The zero-order valence-corrected chi connectivity index (χ0v) is 17.8. The fourth-order valence-electron chi connectivity index (χ4n) is 4.02. The van der Waals surface area contributed by atoms with E-state index in [9.17, 15) is 4.79 Å². The van der Waals surface area contributed by atoms with Crippen LogP contribution in [0.3, 0.4) is 0 Å². The minimum absolute atomic E-state index is 0.0620. The quantitative estimate of drug-likeness (QED) is 0.514. The van der Waals surface area contributed by atoms with Crippen LogP contribution in [-0.2, 0) is 6.54 Å². The second-order valence-corrected chi connectivity index (χ2v) is 7.99. The van der Waals surface area contributed by atoms with E-state index < -0.39 is 0 Å². The number of hydrogen-bond acceptors (Lipinski definition) is 5. The van der Waals surface area contributed by atoms with Crippen LogP contribution in [0.1, 0.15) is 12.2 Å². The Hall–Kier alpha value is -3.71. The van der Waals surface area contributed by atoms with Gasteiger partial charge in [-0.2, -0.15) is 4.98 Å². The van der Waals surface area contributed by atoms with Gasteiger partial charge in [0.25, 0.3) is 5.89 Å². The zero-order chi connectivity index (χ0) is 21.8. The third kappa shape index (κ3) is 4.63. The summed E-state index contributed by atoms with van der Waals surface area (Å²) in [5.41, 5.74) is 1.73. The minimum atomic E-state index is -0.0620. The first-order valence-electron chi connectivity index (χ1n) is 10.9. The molecule has 0 unspecified atom stereocenters. The van der Waals surface area contributed by atoms with Crippen LogP contribution in [0.4, 0.5) is 10.5 Å². The molecule has 7 nitrogen and oxygen atoms in total. The summed E-state index contributed by atoms with van der Waals surface area (Å²) in [5.74, 6) is 1.20. The van der Waals surface area contributed by atoms with Gasteiger partial charge in [0.05, 0.1) is 6.54 Å². The lowest BCUT2D eigenvalue weighted by atomic mass is 10.1. The zero-order valence-electron chi connectivity index (χ0n) is 17.8. The number of rotatable bonds is 4. The fraction of sp³-hybridized carbons (Fsp3) is 0.240. The van der Waals surface area contributed by atoms with Gasteiger partial charge in [-0.1, -0.05) is 53.7 Å². The number of benzene rings is 3. The summed E-state index contributed by atoms with van der Waals surface area (Å²) in [7, 11) is 0. The van der Waals surface area contributed by atoms with E-state index >= 15 is 0 Å². The molecular formula is C25H25N5O2. The van der Waals surface area contributed by atoms with Crippen molar-refractivity contribution in [2.45, 2.75) is 13.0 Å². The van der Waals surface area contributed by atoms with E-state index in [0.717, 1.165) is 48.1 Å². The number of nitrogens with zero attached hydrogens (tertiary/aromatic N) is 4. The van der Waals surface area contributed by atoms with Crippen molar-refractivity contribution in [2.75, 3.05) is 31.5 Å². The number of amides is 2. The summed E-state index contributed by atoms with van der Waals surface area (Å²) in [6.45, 7) is 3.63.